The smallest absolute Gasteiger partial charge is 0.274 e. The van der Waals surface area contributed by atoms with Gasteiger partial charge in [0.1, 0.15) is 0 Å². The molecule has 1 saturated carbocycles. The second-order valence-corrected chi connectivity index (χ2v) is 5.37. The van der Waals surface area contributed by atoms with Crippen LogP contribution >= 0.6 is 0 Å². The van der Waals surface area contributed by atoms with Gasteiger partial charge in [0.2, 0.25) is 0 Å². The molecular weight excluding hydrogens is 270 g/mol. The van der Waals surface area contributed by atoms with Crippen molar-refractivity contribution < 1.29 is 4.92 Å². The third kappa shape index (κ3) is 3.63. The molecule has 7 nitrogen and oxygen atoms in total. The molecule has 3 rings (SSSR count). The molecule has 0 amide bonds. The summed E-state index contributed by atoms with van der Waals surface area (Å²) in [6, 6.07) is 6.70. The topological polar surface area (TPSA) is 85.9 Å². The van der Waals surface area contributed by atoms with E-state index in [0.717, 1.165) is 18.2 Å². The average Bonchev–Trinajstić information content (AvgIpc) is 3.19. The standard InChI is InChI=1S/C14H17N5O2/c20-19(21)14-4-2-1-3-12(14)9-18-10-13(16-17-18)8-15-7-11-5-6-11/h1-4,10-11,15H,5-9H2. The van der Waals surface area contributed by atoms with Crippen LogP contribution in [0.1, 0.15) is 24.1 Å². The Morgan fingerprint density at radius 3 is 2.95 bits per heavy atom. The van der Waals surface area contributed by atoms with Crippen molar-refractivity contribution >= 4 is 5.69 Å². The summed E-state index contributed by atoms with van der Waals surface area (Å²) in [5.41, 5.74) is 1.60. The van der Waals surface area contributed by atoms with Crippen LogP contribution in [0, 0.1) is 16.0 Å². The first-order valence-corrected chi connectivity index (χ1v) is 7.04. The lowest BCUT2D eigenvalue weighted by atomic mass is 10.2. The fourth-order valence-corrected chi connectivity index (χ4v) is 2.22. The second kappa shape index (κ2) is 6.01. The van der Waals surface area contributed by atoms with Crippen LogP contribution in [-0.2, 0) is 13.1 Å². The summed E-state index contributed by atoms with van der Waals surface area (Å²) in [6.07, 6.45) is 4.46. The Bertz CT molecular complexity index is 636. The first-order chi connectivity index (χ1) is 10.2. The number of para-hydroxylation sites is 1. The van der Waals surface area contributed by atoms with Gasteiger partial charge in [0.05, 0.1) is 28.9 Å². The highest BCUT2D eigenvalue weighted by molar-refractivity contribution is 5.39. The van der Waals surface area contributed by atoms with Gasteiger partial charge in [-0.1, -0.05) is 23.4 Å². The Kier molecular flexibility index (Phi) is 3.92. The minimum atomic E-state index is -0.371. The maximum Gasteiger partial charge on any atom is 0.274 e. The fourth-order valence-electron chi connectivity index (χ4n) is 2.22. The number of nitro benzene ring substituents is 1. The highest BCUT2D eigenvalue weighted by Crippen LogP contribution is 2.27. The normalized spacial score (nSPS) is 14.3. The number of nitrogens with one attached hydrogen (secondary N) is 1. The molecule has 0 atom stereocenters. The molecule has 110 valence electrons. The van der Waals surface area contributed by atoms with Crippen LogP contribution in [0.15, 0.2) is 30.5 Å². The number of aromatic nitrogens is 3. The van der Waals surface area contributed by atoms with E-state index in [9.17, 15) is 10.1 Å². The Hall–Kier alpha value is -2.28. The molecule has 0 spiro atoms. The van der Waals surface area contributed by atoms with Gasteiger partial charge in [0.15, 0.2) is 0 Å². The van der Waals surface area contributed by atoms with E-state index < -0.39 is 0 Å². The summed E-state index contributed by atoms with van der Waals surface area (Å²) in [5, 5.41) is 22.4. The molecule has 2 aromatic rings. The molecule has 1 N–H and O–H groups in total. The molecule has 1 aromatic heterocycles. The first-order valence-electron chi connectivity index (χ1n) is 7.04. The van der Waals surface area contributed by atoms with Gasteiger partial charge in [-0.25, -0.2) is 4.68 Å². The summed E-state index contributed by atoms with van der Waals surface area (Å²) in [4.78, 5) is 10.6. The summed E-state index contributed by atoms with van der Waals surface area (Å²) in [6.45, 7) is 2.07. The van der Waals surface area contributed by atoms with E-state index in [-0.39, 0.29) is 10.6 Å². The average molecular weight is 287 g/mol. The van der Waals surface area contributed by atoms with Gasteiger partial charge in [-0.05, 0) is 25.3 Å². The van der Waals surface area contributed by atoms with Crippen LogP contribution in [0.5, 0.6) is 0 Å². The minimum absolute atomic E-state index is 0.112. The molecule has 1 heterocycles. The monoisotopic (exact) mass is 287 g/mol. The van der Waals surface area contributed by atoms with Gasteiger partial charge in [0.25, 0.3) is 5.69 Å². The highest BCUT2D eigenvalue weighted by atomic mass is 16.6. The molecule has 0 radical (unpaired) electrons. The molecule has 21 heavy (non-hydrogen) atoms. The third-order valence-corrected chi connectivity index (χ3v) is 3.54. The molecular formula is C14H17N5O2. The van der Waals surface area contributed by atoms with Crippen LogP contribution in [0.4, 0.5) is 5.69 Å². The molecule has 1 fully saturated rings. The van der Waals surface area contributed by atoms with E-state index >= 15 is 0 Å². The van der Waals surface area contributed by atoms with E-state index in [1.165, 1.54) is 18.9 Å². The van der Waals surface area contributed by atoms with Crippen molar-refractivity contribution in [2.24, 2.45) is 5.92 Å². The predicted octanol–water partition coefficient (Wildman–Crippen LogP) is 1.73. The predicted molar refractivity (Wildman–Crippen MR) is 76.7 cm³/mol. The SMILES string of the molecule is O=[N+]([O-])c1ccccc1Cn1cc(CNCC2CC2)nn1. The zero-order valence-corrected chi connectivity index (χ0v) is 11.6. The second-order valence-electron chi connectivity index (χ2n) is 5.37. The molecule has 1 aliphatic carbocycles. The Balaban J connectivity index is 1.62. The minimum Gasteiger partial charge on any atom is -0.311 e. The van der Waals surface area contributed by atoms with Crippen molar-refractivity contribution in [3.05, 3.63) is 51.8 Å². The third-order valence-electron chi connectivity index (χ3n) is 3.54. The number of rotatable bonds is 7. The van der Waals surface area contributed by atoms with Crippen molar-refractivity contribution in [1.82, 2.24) is 20.3 Å². The molecule has 0 saturated heterocycles. The highest BCUT2D eigenvalue weighted by Gasteiger charge is 2.20. The van der Waals surface area contributed by atoms with Crippen LogP contribution in [0.3, 0.4) is 0 Å². The molecule has 7 heteroatoms. The van der Waals surface area contributed by atoms with Gasteiger partial charge in [0, 0.05) is 12.6 Å². The largest absolute Gasteiger partial charge is 0.311 e. The maximum absolute atomic E-state index is 11.0. The Morgan fingerprint density at radius 2 is 2.19 bits per heavy atom. The molecule has 1 aromatic carbocycles. The number of benzene rings is 1. The van der Waals surface area contributed by atoms with Crippen molar-refractivity contribution in [2.75, 3.05) is 6.54 Å². The first kappa shape index (κ1) is 13.7. The molecule has 0 unspecified atom stereocenters. The van der Waals surface area contributed by atoms with Crippen molar-refractivity contribution in [3.8, 4) is 0 Å². The Labute approximate surface area is 122 Å². The number of hydrogen-bond acceptors (Lipinski definition) is 5. The zero-order chi connectivity index (χ0) is 14.7. The number of nitro groups is 1. The van der Waals surface area contributed by atoms with E-state index in [4.69, 9.17) is 0 Å². The molecule has 1 aliphatic rings. The lowest BCUT2D eigenvalue weighted by molar-refractivity contribution is -0.385. The lowest BCUT2D eigenvalue weighted by Gasteiger charge is -2.02. The van der Waals surface area contributed by atoms with E-state index in [1.807, 2.05) is 6.20 Å². The van der Waals surface area contributed by atoms with Crippen LogP contribution in [0.2, 0.25) is 0 Å². The van der Waals surface area contributed by atoms with E-state index in [0.29, 0.717) is 18.7 Å². The van der Waals surface area contributed by atoms with E-state index in [1.54, 1.807) is 22.9 Å². The van der Waals surface area contributed by atoms with Gasteiger partial charge in [-0.2, -0.15) is 0 Å². The van der Waals surface area contributed by atoms with Gasteiger partial charge < -0.3 is 5.32 Å². The quantitative estimate of drug-likeness (QED) is 0.619. The molecule has 0 aliphatic heterocycles. The maximum atomic E-state index is 11.0. The van der Waals surface area contributed by atoms with Crippen molar-refractivity contribution in [2.45, 2.75) is 25.9 Å². The van der Waals surface area contributed by atoms with Gasteiger partial charge >= 0.3 is 0 Å². The Morgan fingerprint density at radius 1 is 1.38 bits per heavy atom. The van der Waals surface area contributed by atoms with Gasteiger partial charge in [-0.3, -0.25) is 10.1 Å². The van der Waals surface area contributed by atoms with Crippen LogP contribution in [-0.4, -0.2) is 26.5 Å². The summed E-state index contributed by atoms with van der Waals surface area (Å²) < 4.78 is 1.64. The van der Waals surface area contributed by atoms with Crippen LogP contribution < -0.4 is 5.32 Å². The number of nitrogens with zero attached hydrogens (tertiary/aromatic N) is 4. The zero-order valence-electron chi connectivity index (χ0n) is 11.6. The van der Waals surface area contributed by atoms with Crippen LogP contribution in [0.25, 0.3) is 0 Å². The van der Waals surface area contributed by atoms with Gasteiger partial charge in [-0.15, -0.1) is 5.10 Å². The lowest BCUT2D eigenvalue weighted by Crippen LogP contribution is -2.16. The summed E-state index contributed by atoms with van der Waals surface area (Å²) >= 11 is 0. The number of hydrogen-bond donors (Lipinski definition) is 1. The van der Waals surface area contributed by atoms with Crippen molar-refractivity contribution in [1.29, 1.82) is 0 Å². The van der Waals surface area contributed by atoms with Crippen molar-refractivity contribution in [3.63, 3.8) is 0 Å². The fraction of sp³-hybridized carbons (Fsp3) is 0.429. The summed E-state index contributed by atoms with van der Waals surface area (Å²) in [7, 11) is 0. The van der Waals surface area contributed by atoms with E-state index in [2.05, 4.69) is 15.6 Å². The molecule has 0 bridgehead atoms. The summed E-state index contributed by atoms with van der Waals surface area (Å²) in [5.74, 6) is 0.826.